The van der Waals surface area contributed by atoms with Crippen molar-refractivity contribution in [2.45, 2.75) is 6.92 Å². The highest BCUT2D eigenvalue weighted by Gasteiger charge is 2.15. The lowest BCUT2D eigenvalue weighted by atomic mass is 10.2. The highest BCUT2D eigenvalue weighted by Crippen LogP contribution is 2.34. The minimum atomic E-state index is 0.565. The highest BCUT2D eigenvalue weighted by molar-refractivity contribution is 5.91. The van der Waals surface area contributed by atoms with Gasteiger partial charge in [0.05, 0.1) is 5.39 Å². The van der Waals surface area contributed by atoms with E-state index in [9.17, 15) is 0 Å². The maximum atomic E-state index is 5.64. The molecule has 1 aliphatic heterocycles. The van der Waals surface area contributed by atoms with Crippen molar-refractivity contribution in [3.8, 4) is 11.5 Å². The van der Waals surface area contributed by atoms with Gasteiger partial charge in [-0.05, 0) is 25.1 Å². The van der Waals surface area contributed by atoms with Crippen LogP contribution in [0.25, 0.3) is 11.0 Å². The van der Waals surface area contributed by atoms with Gasteiger partial charge in [-0.15, -0.1) is 0 Å². The fourth-order valence-electron chi connectivity index (χ4n) is 2.68. The smallest absolute Gasteiger partial charge is 0.228 e. The minimum Gasteiger partial charge on any atom is -0.486 e. The zero-order valence-electron chi connectivity index (χ0n) is 13.9. The number of nitrogens with zero attached hydrogens (tertiary/aromatic N) is 3. The van der Waals surface area contributed by atoms with E-state index in [1.165, 1.54) is 0 Å². The summed E-state index contributed by atoms with van der Waals surface area (Å²) in [5, 5.41) is 4.32. The van der Waals surface area contributed by atoms with Crippen LogP contribution in [0.1, 0.15) is 5.69 Å². The van der Waals surface area contributed by atoms with E-state index in [2.05, 4.69) is 20.3 Å². The number of rotatable bonds is 3. The van der Waals surface area contributed by atoms with E-state index < -0.39 is 0 Å². The van der Waals surface area contributed by atoms with E-state index in [0.717, 1.165) is 39.7 Å². The lowest BCUT2D eigenvalue weighted by molar-refractivity contribution is 0.171. The Kier molecular flexibility index (Phi) is 3.41. The van der Waals surface area contributed by atoms with Gasteiger partial charge in [0.2, 0.25) is 5.95 Å². The summed E-state index contributed by atoms with van der Waals surface area (Å²) in [6, 6.07) is 7.83. The largest absolute Gasteiger partial charge is 0.486 e. The Morgan fingerprint density at radius 1 is 1.08 bits per heavy atom. The van der Waals surface area contributed by atoms with Crippen molar-refractivity contribution < 1.29 is 9.47 Å². The monoisotopic (exact) mass is 325 g/mol. The Bertz CT molecular complexity index is 903. The molecule has 0 spiro atoms. The molecule has 0 aliphatic carbocycles. The maximum Gasteiger partial charge on any atom is 0.228 e. The van der Waals surface area contributed by atoms with E-state index in [-0.39, 0.29) is 0 Å². The topological polar surface area (TPSA) is 75.3 Å². The third-order valence-corrected chi connectivity index (χ3v) is 3.82. The summed E-state index contributed by atoms with van der Waals surface area (Å²) in [6.07, 6.45) is 0. The molecule has 0 saturated heterocycles. The molecule has 2 N–H and O–H groups in total. The second kappa shape index (κ2) is 5.59. The quantitative estimate of drug-likeness (QED) is 0.771. The molecule has 0 unspecified atom stereocenters. The number of ether oxygens (including phenoxy) is 2. The molecule has 124 valence electrons. The number of H-pyrrole nitrogens is 1. The molecule has 0 fully saturated rings. The summed E-state index contributed by atoms with van der Waals surface area (Å²) < 4.78 is 11.2. The number of anilines is 3. The van der Waals surface area contributed by atoms with Crippen molar-refractivity contribution in [3.05, 3.63) is 30.0 Å². The van der Waals surface area contributed by atoms with E-state index in [4.69, 9.17) is 9.47 Å². The number of aryl methyl sites for hydroxylation is 1. The molecule has 24 heavy (non-hydrogen) atoms. The molecule has 3 heterocycles. The van der Waals surface area contributed by atoms with Gasteiger partial charge in [-0.25, -0.2) is 0 Å². The number of hydrogen-bond donors (Lipinski definition) is 2. The fourth-order valence-corrected chi connectivity index (χ4v) is 2.68. The van der Waals surface area contributed by atoms with Crippen LogP contribution in [-0.4, -0.2) is 42.3 Å². The van der Waals surface area contributed by atoms with Gasteiger partial charge < -0.3 is 24.7 Å². The van der Waals surface area contributed by atoms with Gasteiger partial charge in [0, 0.05) is 31.5 Å². The Morgan fingerprint density at radius 3 is 2.67 bits per heavy atom. The first kappa shape index (κ1) is 14.6. The average Bonchev–Trinajstić information content (AvgIpc) is 2.95. The third-order valence-electron chi connectivity index (χ3n) is 3.82. The second-order valence-electron chi connectivity index (χ2n) is 5.96. The summed E-state index contributed by atoms with van der Waals surface area (Å²) >= 11 is 0. The van der Waals surface area contributed by atoms with Crippen LogP contribution in [0.2, 0.25) is 0 Å². The van der Waals surface area contributed by atoms with Crippen molar-refractivity contribution in [1.29, 1.82) is 0 Å². The Morgan fingerprint density at radius 2 is 1.88 bits per heavy atom. The van der Waals surface area contributed by atoms with Crippen LogP contribution in [0, 0.1) is 6.92 Å². The predicted molar refractivity (Wildman–Crippen MR) is 93.7 cm³/mol. The number of fused-ring (bicyclic) bond motifs is 2. The van der Waals surface area contributed by atoms with Crippen LogP contribution in [0.3, 0.4) is 0 Å². The lowest BCUT2D eigenvalue weighted by Crippen LogP contribution is -2.15. The van der Waals surface area contributed by atoms with Crippen molar-refractivity contribution in [2.75, 3.05) is 37.5 Å². The Labute approximate surface area is 139 Å². The van der Waals surface area contributed by atoms with Crippen LogP contribution in [0.4, 0.5) is 17.5 Å². The average molecular weight is 325 g/mol. The fraction of sp³-hybridized carbons (Fsp3) is 0.294. The molecule has 0 amide bonds. The molecule has 7 heteroatoms. The van der Waals surface area contributed by atoms with Gasteiger partial charge in [-0.2, -0.15) is 9.97 Å². The first-order chi connectivity index (χ1) is 11.6. The molecule has 0 atom stereocenters. The first-order valence-electron chi connectivity index (χ1n) is 7.81. The number of nitrogens with one attached hydrogen (secondary N) is 2. The van der Waals surface area contributed by atoms with E-state index in [0.29, 0.717) is 19.2 Å². The van der Waals surface area contributed by atoms with Crippen LogP contribution >= 0.6 is 0 Å². The van der Waals surface area contributed by atoms with Crippen LogP contribution < -0.4 is 19.7 Å². The van der Waals surface area contributed by atoms with Gasteiger partial charge in [0.15, 0.2) is 11.5 Å². The van der Waals surface area contributed by atoms with Gasteiger partial charge in [-0.1, -0.05) is 0 Å². The first-order valence-corrected chi connectivity index (χ1v) is 7.81. The van der Waals surface area contributed by atoms with Gasteiger partial charge in [0.25, 0.3) is 0 Å². The predicted octanol–water partition coefficient (Wildman–Crippen LogP) is 2.85. The van der Waals surface area contributed by atoms with Crippen molar-refractivity contribution >= 4 is 28.5 Å². The van der Waals surface area contributed by atoms with E-state index in [1.807, 2.05) is 50.2 Å². The zero-order chi connectivity index (χ0) is 16.7. The number of aromatic nitrogens is 3. The van der Waals surface area contributed by atoms with Gasteiger partial charge in [-0.3, -0.25) is 0 Å². The molecule has 7 nitrogen and oxygen atoms in total. The zero-order valence-corrected chi connectivity index (χ0v) is 13.9. The van der Waals surface area contributed by atoms with Crippen LogP contribution in [-0.2, 0) is 0 Å². The summed E-state index contributed by atoms with van der Waals surface area (Å²) in [6.45, 7) is 3.15. The summed E-state index contributed by atoms with van der Waals surface area (Å²) in [5.41, 5.74) is 2.74. The van der Waals surface area contributed by atoms with Crippen molar-refractivity contribution in [1.82, 2.24) is 15.0 Å². The van der Waals surface area contributed by atoms with Gasteiger partial charge in [0.1, 0.15) is 24.7 Å². The molecular formula is C17H19N5O2. The van der Waals surface area contributed by atoms with Crippen molar-refractivity contribution in [2.24, 2.45) is 0 Å². The molecule has 0 radical (unpaired) electrons. The number of hydrogen-bond acceptors (Lipinski definition) is 6. The SMILES string of the molecule is Cc1cc2c(Nc3ccc4c(c3)OCCO4)nc(N(C)C)nc2[nH]1. The van der Waals surface area contributed by atoms with E-state index in [1.54, 1.807) is 0 Å². The molecule has 1 aromatic carbocycles. The number of benzene rings is 1. The number of aromatic amines is 1. The standard InChI is InChI=1S/C17H19N5O2/c1-10-8-12-15(18-10)20-17(22(2)3)21-16(12)19-11-4-5-13-14(9-11)24-7-6-23-13/h4-5,8-9H,6-7H2,1-3H3,(H2,18,19,20,21). The molecule has 3 aromatic rings. The summed E-state index contributed by atoms with van der Waals surface area (Å²) in [4.78, 5) is 14.3. The maximum absolute atomic E-state index is 5.64. The molecular weight excluding hydrogens is 306 g/mol. The van der Waals surface area contributed by atoms with Gasteiger partial charge >= 0.3 is 0 Å². The summed E-state index contributed by atoms with van der Waals surface area (Å²) in [5.74, 6) is 2.91. The van der Waals surface area contributed by atoms with Crippen molar-refractivity contribution in [3.63, 3.8) is 0 Å². The summed E-state index contributed by atoms with van der Waals surface area (Å²) in [7, 11) is 3.84. The molecule has 0 bridgehead atoms. The molecule has 4 rings (SSSR count). The van der Waals surface area contributed by atoms with E-state index >= 15 is 0 Å². The highest BCUT2D eigenvalue weighted by atomic mass is 16.6. The van der Waals surface area contributed by atoms with Crippen LogP contribution in [0.5, 0.6) is 11.5 Å². The Balaban J connectivity index is 1.75. The minimum absolute atomic E-state index is 0.565. The second-order valence-corrected chi connectivity index (χ2v) is 5.96. The Hall–Kier alpha value is -2.96. The van der Waals surface area contributed by atoms with Crippen LogP contribution in [0.15, 0.2) is 24.3 Å². The third kappa shape index (κ3) is 2.58. The normalized spacial score (nSPS) is 13.1. The molecule has 0 saturated carbocycles. The molecule has 1 aliphatic rings. The molecule has 2 aromatic heterocycles. The lowest BCUT2D eigenvalue weighted by Gasteiger charge is -2.19.